The highest BCUT2D eigenvalue weighted by molar-refractivity contribution is 5.39. The molecule has 0 aromatic heterocycles. The lowest BCUT2D eigenvalue weighted by molar-refractivity contribution is -0.389. The summed E-state index contributed by atoms with van der Waals surface area (Å²) in [6, 6.07) is 11.7. The Kier molecular flexibility index (Phi) is 5.78. The largest absolute Gasteiger partial charge is 0.508 e. The molecule has 0 atom stereocenters. The number of aromatic hydroxyl groups is 1. The van der Waals surface area contributed by atoms with Gasteiger partial charge in [0, 0.05) is 24.3 Å². The van der Waals surface area contributed by atoms with E-state index in [9.17, 15) is 20.2 Å². The average Bonchev–Trinajstić information content (AvgIpc) is 2.47. The van der Waals surface area contributed by atoms with E-state index in [0.717, 1.165) is 24.3 Å². The van der Waals surface area contributed by atoms with Crippen LogP contribution in [-0.2, 0) is 5.41 Å². The summed E-state index contributed by atoms with van der Waals surface area (Å²) in [5, 5.41) is 29.3. The first kappa shape index (κ1) is 18.1. The summed E-state index contributed by atoms with van der Waals surface area (Å²) < 4.78 is 0. The number of rotatable bonds is 2. The van der Waals surface area contributed by atoms with Crippen LogP contribution in [0.15, 0.2) is 48.5 Å². The van der Waals surface area contributed by atoms with Crippen molar-refractivity contribution in [3.05, 3.63) is 74.3 Å². The second-order valence-corrected chi connectivity index (χ2v) is 5.83. The van der Waals surface area contributed by atoms with E-state index in [2.05, 4.69) is 20.8 Å². The second kappa shape index (κ2) is 7.35. The van der Waals surface area contributed by atoms with Crippen molar-refractivity contribution < 1.29 is 15.0 Å². The maximum absolute atomic E-state index is 10.1. The summed E-state index contributed by atoms with van der Waals surface area (Å²) in [5.74, 6) is 0.331. The van der Waals surface area contributed by atoms with Crippen molar-refractivity contribution in [2.24, 2.45) is 0 Å². The molecule has 0 saturated heterocycles. The van der Waals surface area contributed by atoms with Gasteiger partial charge in [-0.2, -0.15) is 0 Å². The van der Waals surface area contributed by atoms with Crippen LogP contribution in [0.3, 0.4) is 0 Å². The van der Waals surface area contributed by atoms with Gasteiger partial charge >= 0.3 is 0 Å². The lowest BCUT2D eigenvalue weighted by Crippen LogP contribution is -2.10. The first-order valence-electron chi connectivity index (χ1n) is 6.79. The van der Waals surface area contributed by atoms with Crippen molar-refractivity contribution in [3.63, 3.8) is 0 Å². The first-order valence-corrected chi connectivity index (χ1v) is 6.79. The summed E-state index contributed by atoms with van der Waals surface area (Å²) in [7, 11) is 0. The molecule has 0 fully saturated rings. The van der Waals surface area contributed by atoms with Gasteiger partial charge in [-0.1, -0.05) is 32.9 Å². The molecular weight excluding hydrogens is 300 g/mol. The van der Waals surface area contributed by atoms with E-state index >= 15 is 0 Å². The lowest BCUT2D eigenvalue weighted by atomic mass is 9.87. The molecule has 0 aliphatic heterocycles. The average molecular weight is 318 g/mol. The van der Waals surface area contributed by atoms with E-state index < -0.39 is 9.85 Å². The Labute approximate surface area is 133 Å². The van der Waals surface area contributed by atoms with E-state index in [1.807, 2.05) is 12.1 Å². The standard InChI is InChI=1S/C10H14O.C6H4N2O4/c1-10(2,3)8-4-6-9(11)7-5-8;9-7(10)5-1-2-6(4-3-5)8(11)12/h4-7,11H,1-3H3;1-4H. The minimum Gasteiger partial charge on any atom is -0.508 e. The van der Waals surface area contributed by atoms with Gasteiger partial charge in [-0.25, -0.2) is 0 Å². The van der Waals surface area contributed by atoms with Crippen molar-refractivity contribution >= 4 is 11.4 Å². The van der Waals surface area contributed by atoms with Gasteiger partial charge in [-0.05, 0) is 23.1 Å². The van der Waals surface area contributed by atoms with E-state index in [-0.39, 0.29) is 16.8 Å². The molecule has 122 valence electrons. The molecular formula is C16H18N2O5. The topological polar surface area (TPSA) is 107 Å². The Bertz CT molecular complexity index is 640. The SMILES string of the molecule is CC(C)(C)c1ccc(O)cc1.O=[N+]([O-])c1ccc([N+](=O)[O-])cc1. The molecule has 0 unspecified atom stereocenters. The van der Waals surface area contributed by atoms with E-state index in [1.54, 1.807) is 12.1 Å². The predicted octanol–water partition coefficient (Wildman–Crippen LogP) is 4.19. The van der Waals surface area contributed by atoms with Crippen molar-refractivity contribution in [2.45, 2.75) is 26.2 Å². The molecule has 1 N–H and O–H groups in total. The van der Waals surface area contributed by atoms with Gasteiger partial charge in [0.1, 0.15) is 5.75 Å². The molecule has 2 aromatic rings. The van der Waals surface area contributed by atoms with Gasteiger partial charge in [0.25, 0.3) is 11.4 Å². The molecule has 2 aromatic carbocycles. The number of benzene rings is 2. The van der Waals surface area contributed by atoms with Crippen LogP contribution in [0.4, 0.5) is 11.4 Å². The number of hydrogen-bond donors (Lipinski definition) is 1. The fourth-order valence-electron chi connectivity index (χ4n) is 1.66. The van der Waals surface area contributed by atoms with Gasteiger partial charge in [-0.3, -0.25) is 20.2 Å². The lowest BCUT2D eigenvalue weighted by Gasteiger charge is -2.18. The minimum atomic E-state index is -0.607. The molecule has 0 amide bonds. The number of nitro benzene ring substituents is 2. The molecule has 0 saturated carbocycles. The fourth-order valence-corrected chi connectivity index (χ4v) is 1.66. The van der Waals surface area contributed by atoms with E-state index in [4.69, 9.17) is 5.11 Å². The minimum absolute atomic E-state index is 0.152. The summed E-state index contributed by atoms with van der Waals surface area (Å²) >= 11 is 0. The summed E-state index contributed by atoms with van der Waals surface area (Å²) in [4.78, 5) is 19.0. The van der Waals surface area contributed by atoms with Gasteiger partial charge < -0.3 is 5.11 Å². The Morgan fingerprint density at radius 2 is 1.13 bits per heavy atom. The number of hydrogen-bond acceptors (Lipinski definition) is 5. The highest BCUT2D eigenvalue weighted by atomic mass is 16.6. The second-order valence-electron chi connectivity index (χ2n) is 5.83. The zero-order chi connectivity index (χ0) is 17.6. The van der Waals surface area contributed by atoms with Gasteiger partial charge in [0.2, 0.25) is 0 Å². The molecule has 0 radical (unpaired) electrons. The molecule has 0 aliphatic carbocycles. The van der Waals surface area contributed by atoms with E-state index in [1.165, 1.54) is 5.56 Å². The van der Waals surface area contributed by atoms with Gasteiger partial charge in [0.15, 0.2) is 0 Å². The summed E-state index contributed by atoms with van der Waals surface area (Å²) in [6.45, 7) is 6.46. The summed E-state index contributed by atoms with van der Waals surface area (Å²) in [5.41, 5.74) is 1.12. The van der Waals surface area contributed by atoms with Gasteiger partial charge in [-0.15, -0.1) is 0 Å². The molecule has 0 heterocycles. The van der Waals surface area contributed by atoms with Crippen LogP contribution in [0.25, 0.3) is 0 Å². The molecule has 0 spiro atoms. The normalized spacial score (nSPS) is 10.4. The Morgan fingerprint density at radius 1 is 0.783 bits per heavy atom. The molecule has 0 aliphatic rings. The quantitative estimate of drug-likeness (QED) is 0.660. The number of nitro groups is 2. The monoisotopic (exact) mass is 318 g/mol. The Morgan fingerprint density at radius 3 is 1.39 bits per heavy atom. The van der Waals surface area contributed by atoms with Crippen molar-refractivity contribution in [2.75, 3.05) is 0 Å². The smallest absolute Gasteiger partial charge is 0.269 e. The maximum Gasteiger partial charge on any atom is 0.269 e. The van der Waals surface area contributed by atoms with Gasteiger partial charge in [0.05, 0.1) is 9.85 Å². The van der Waals surface area contributed by atoms with E-state index in [0.29, 0.717) is 5.75 Å². The number of non-ortho nitro benzene ring substituents is 2. The molecule has 23 heavy (non-hydrogen) atoms. The van der Waals surface area contributed by atoms with Crippen molar-refractivity contribution in [1.82, 2.24) is 0 Å². The maximum atomic E-state index is 10.1. The Hall–Kier alpha value is -2.96. The summed E-state index contributed by atoms with van der Waals surface area (Å²) in [6.07, 6.45) is 0. The fraction of sp³-hybridized carbons (Fsp3) is 0.250. The number of phenolic OH excluding ortho intramolecular Hbond substituents is 1. The van der Waals surface area contributed by atoms with Crippen LogP contribution in [0.1, 0.15) is 26.3 Å². The molecule has 2 rings (SSSR count). The zero-order valence-electron chi connectivity index (χ0n) is 13.1. The number of nitrogens with zero attached hydrogens (tertiary/aromatic N) is 2. The number of phenols is 1. The van der Waals surface area contributed by atoms with Crippen LogP contribution < -0.4 is 0 Å². The molecule has 0 bridgehead atoms. The van der Waals surface area contributed by atoms with Crippen LogP contribution in [0.2, 0.25) is 0 Å². The molecule has 7 heteroatoms. The highest BCUT2D eigenvalue weighted by Crippen LogP contribution is 2.23. The van der Waals surface area contributed by atoms with Crippen LogP contribution >= 0.6 is 0 Å². The predicted molar refractivity (Wildman–Crippen MR) is 86.6 cm³/mol. The van der Waals surface area contributed by atoms with Crippen molar-refractivity contribution in [1.29, 1.82) is 0 Å². The third kappa shape index (κ3) is 5.74. The third-order valence-electron chi connectivity index (χ3n) is 3.00. The zero-order valence-corrected chi connectivity index (χ0v) is 13.1. The van der Waals surface area contributed by atoms with Crippen molar-refractivity contribution in [3.8, 4) is 5.75 Å². The van der Waals surface area contributed by atoms with Crippen LogP contribution in [0, 0.1) is 20.2 Å². The Balaban J connectivity index is 0.000000231. The van der Waals surface area contributed by atoms with Crippen LogP contribution in [0.5, 0.6) is 5.75 Å². The first-order chi connectivity index (χ1) is 10.6. The van der Waals surface area contributed by atoms with Crippen LogP contribution in [-0.4, -0.2) is 15.0 Å². The highest BCUT2D eigenvalue weighted by Gasteiger charge is 2.12. The third-order valence-corrected chi connectivity index (χ3v) is 3.00. The molecule has 7 nitrogen and oxygen atoms in total.